The Morgan fingerprint density at radius 3 is 2.15 bits per heavy atom. The number of carbonyl (C=O) groups is 3. The van der Waals surface area contributed by atoms with Crippen molar-refractivity contribution < 1.29 is 29.3 Å². The number of carbonyl (C=O) groups excluding carboxylic acids is 1. The van der Waals surface area contributed by atoms with Crippen LogP contribution >= 0.6 is 0 Å². The first-order valence-electron chi connectivity index (χ1n) is 5.71. The van der Waals surface area contributed by atoms with Gasteiger partial charge in [0, 0.05) is 0 Å². The van der Waals surface area contributed by atoms with E-state index in [1.165, 1.54) is 12.1 Å². The number of nitrogens with one attached hydrogen (secondary N) is 1. The summed E-state index contributed by atoms with van der Waals surface area (Å²) in [6.07, 6.45) is -0.817. The molecule has 20 heavy (non-hydrogen) atoms. The summed E-state index contributed by atoms with van der Waals surface area (Å²) in [6.45, 7) is 4.99. The second kappa shape index (κ2) is 5.60. The van der Waals surface area contributed by atoms with E-state index in [1.54, 1.807) is 20.8 Å². The fourth-order valence-corrected chi connectivity index (χ4v) is 1.38. The minimum atomic E-state index is -1.35. The largest absolute Gasteiger partial charge is 0.478 e. The van der Waals surface area contributed by atoms with Gasteiger partial charge in [0.25, 0.3) is 0 Å². The van der Waals surface area contributed by atoms with Crippen LogP contribution in [0, 0.1) is 0 Å². The molecule has 0 saturated carbocycles. The second-order valence-corrected chi connectivity index (χ2v) is 5.00. The Morgan fingerprint density at radius 1 is 1.10 bits per heavy atom. The zero-order valence-electron chi connectivity index (χ0n) is 11.3. The summed E-state index contributed by atoms with van der Waals surface area (Å²) in [7, 11) is 0. The lowest BCUT2D eigenvalue weighted by atomic mass is 10.1. The minimum absolute atomic E-state index is 0.0308. The van der Waals surface area contributed by atoms with Gasteiger partial charge in [-0.2, -0.15) is 0 Å². The predicted molar refractivity (Wildman–Crippen MR) is 70.2 cm³/mol. The van der Waals surface area contributed by atoms with Gasteiger partial charge in [0.15, 0.2) is 0 Å². The molecule has 7 nitrogen and oxygen atoms in total. The van der Waals surface area contributed by atoms with Crippen LogP contribution in [0.5, 0.6) is 0 Å². The number of anilines is 1. The van der Waals surface area contributed by atoms with Gasteiger partial charge < -0.3 is 14.9 Å². The van der Waals surface area contributed by atoms with Crippen LogP contribution < -0.4 is 5.32 Å². The van der Waals surface area contributed by atoms with Crippen molar-refractivity contribution in [3.63, 3.8) is 0 Å². The molecule has 0 atom stereocenters. The number of rotatable bonds is 3. The highest BCUT2D eigenvalue weighted by Crippen LogP contribution is 2.19. The second-order valence-electron chi connectivity index (χ2n) is 5.00. The molecule has 1 aromatic carbocycles. The molecule has 0 aliphatic rings. The van der Waals surface area contributed by atoms with Crippen molar-refractivity contribution in [1.29, 1.82) is 0 Å². The van der Waals surface area contributed by atoms with Crippen molar-refractivity contribution in [1.82, 2.24) is 0 Å². The number of hydrogen-bond acceptors (Lipinski definition) is 4. The molecule has 0 heterocycles. The van der Waals surface area contributed by atoms with Crippen LogP contribution in [0.15, 0.2) is 18.2 Å². The highest BCUT2D eigenvalue weighted by molar-refractivity contribution is 6.01. The van der Waals surface area contributed by atoms with Gasteiger partial charge in [-0.3, -0.25) is 5.32 Å². The Kier molecular flexibility index (Phi) is 4.34. The van der Waals surface area contributed by atoms with Gasteiger partial charge in [-0.1, -0.05) is 0 Å². The highest BCUT2D eigenvalue weighted by Gasteiger charge is 2.19. The summed E-state index contributed by atoms with van der Waals surface area (Å²) >= 11 is 0. The number of carboxylic acid groups (broad SMARTS) is 2. The number of amides is 1. The summed E-state index contributed by atoms with van der Waals surface area (Å²) in [5, 5.41) is 20.1. The van der Waals surface area contributed by atoms with Crippen LogP contribution in [0.2, 0.25) is 0 Å². The number of benzene rings is 1. The molecular weight excluding hydrogens is 266 g/mol. The standard InChI is InChI=1S/C13H15NO6/c1-13(2,3)20-12(19)14-9-5-4-7(10(15)16)6-8(9)11(17)18/h4-6H,1-3H3,(H,14,19)(H,15,16)(H,17,18). The molecule has 7 heteroatoms. The third kappa shape index (κ3) is 4.27. The Hall–Kier alpha value is -2.57. The molecule has 0 aromatic heterocycles. The quantitative estimate of drug-likeness (QED) is 0.784. The Bertz CT molecular complexity index is 558. The molecule has 1 aromatic rings. The molecule has 0 fully saturated rings. The molecule has 0 radical (unpaired) electrons. The maximum absolute atomic E-state index is 11.6. The third-order valence-corrected chi connectivity index (χ3v) is 2.13. The van der Waals surface area contributed by atoms with Gasteiger partial charge in [0.2, 0.25) is 0 Å². The third-order valence-electron chi connectivity index (χ3n) is 2.13. The lowest BCUT2D eigenvalue weighted by molar-refractivity contribution is 0.0634. The fraction of sp³-hybridized carbons (Fsp3) is 0.308. The van der Waals surface area contributed by atoms with E-state index in [-0.39, 0.29) is 16.8 Å². The zero-order valence-corrected chi connectivity index (χ0v) is 11.3. The molecular formula is C13H15NO6. The van der Waals surface area contributed by atoms with E-state index in [9.17, 15) is 14.4 Å². The summed E-state index contributed by atoms with van der Waals surface area (Å²) < 4.78 is 4.99. The van der Waals surface area contributed by atoms with Gasteiger partial charge in [0.05, 0.1) is 16.8 Å². The van der Waals surface area contributed by atoms with Crippen molar-refractivity contribution in [3.05, 3.63) is 29.3 Å². The van der Waals surface area contributed by atoms with Gasteiger partial charge in [-0.15, -0.1) is 0 Å². The van der Waals surface area contributed by atoms with Gasteiger partial charge in [-0.25, -0.2) is 14.4 Å². The van der Waals surface area contributed by atoms with Gasteiger partial charge in [-0.05, 0) is 39.0 Å². The average Bonchev–Trinajstić information content (AvgIpc) is 2.25. The first-order chi connectivity index (χ1) is 9.10. The predicted octanol–water partition coefficient (Wildman–Crippen LogP) is 2.43. The molecule has 0 unspecified atom stereocenters. The average molecular weight is 281 g/mol. The Balaban J connectivity index is 3.03. The van der Waals surface area contributed by atoms with Gasteiger partial charge >= 0.3 is 18.0 Å². The van der Waals surface area contributed by atoms with Gasteiger partial charge in [0.1, 0.15) is 5.60 Å². The van der Waals surface area contributed by atoms with Crippen molar-refractivity contribution in [2.24, 2.45) is 0 Å². The smallest absolute Gasteiger partial charge is 0.412 e. The molecule has 0 aliphatic carbocycles. The molecule has 0 aliphatic heterocycles. The van der Waals surface area contributed by atoms with E-state index in [4.69, 9.17) is 14.9 Å². The summed E-state index contributed by atoms with van der Waals surface area (Å²) in [4.78, 5) is 33.4. The number of aromatic carboxylic acids is 2. The number of carboxylic acids is 2. The number of ether oxygens (including phenoxy) is 1. The van der Waals surface area contributed by atoms with E-state index < -0.39 is 23.6 Å². The summed E-state index contributed by atoms with van der Waals surface area (Å²) in [6, 6.07) is 3.37. The molecule has 1 rings (SSSR count). The van der Waals surface area contributed by atoms with E-state index >= 15 is 0 Å². The van der Waals surface area contributed by atoms with Crippen LogP contribution in [-0.2, 0) is 4.74 Å². The lowest BCUT2D eigenvalue weighted by Gasteiger charge is -2.20. The SMILES string of the molecule is CC(C)(C)OC(=O)Nc1ccc(C(=O)O)cc1C(=O)O. The molecule has 0 saturated heterocycles. The van der Waals surface area contributed by atoms with Crippen LogP contribution in [-0.4, -0.2) is 33.8 Å². The maximum atomic E-state index is 11.6. The van der Waals surface area contributed by atoms with Crippen LogP contribution in [0.1, 0.15) is 41.5 Å². The normalized spacial score (nSPS) is 10.8. The van der Waals surface area contributed by atoms with Crippen LogP contribution in [0.4, 0.5) is 10.5 Å². The van der Waals surface area contributed by atoms with E-state index in [0.29, 0.717) is 0 Å². The Morgan fingerprint density at radius 2 is 1.70 bits per heavy atom. The van der Waals surface area contributed by atoms with Crippen LogP contribution in [0.25, 0.3) is 0 Å². The van der Waals surface area contributed by atoms with Crippen LogP contribution in [0.3, 0.4) is 0 Å². The van der Waals surface area contributed by atoms with Crippen molar-refractivity contribution in [2.75, 3.05) is 5.32 Å². The molecule has 0 spiro atoms. The summed E-state index contributed by atoms with van der Waals surface area (Å²) in [5.74, 6) is -2.60. The fourth-order valence-electron chi connectivity index (χ4n) is 1.38. The summed E-state index contributed by atoms with van der Waals surface area (Å²) in [5.41, 5.74) is -1.27. The minimum Gasteiger partial charge on any atom is -0.478 e. The molecule has 1 amide bonds. The van der Waals surface area contributed by atoms with E-state index in [2.05, 4.69) is 5.32 Å². The maximum Gasteiger partial charge on any atom is 0.412 e. The van der Waals surface area contributed by atoms with Crippen molar-refractivity contribution >= 4 is 23.7 Å². The first kappa shape index (κ1) is 15.5. The van der Waals surface area contributed by atoms with Crippen molar-refractivity contribution in [3.8, 4) is 0 Å². The number of hydrogen-bond donors (Lipinski definition) is 3. The lowest BCUT2D eigenvalue weighted by Crippen LogP contribution is -2.27. The zero-order chi connectivity index (χ0) is 15.5. The van der Waals surface area contributed by atoms with E-state index in [0.717, 1.165) is 6.07 Å². The monoisotopic (exact) mass is 281 g/mol. The highest BCUT2D eigenvalue weighted by atomic mass is 16.6. The van der Waals surface area contributed by atoms with E-state index in [1.807, 2.05) is 0 Å². The van der Waals surface area contributed by atoms with Crippen molar-refractivity contribution in [2.45, 2.75) is 26.4 Å². The first-order valence-corrected chi connectivity index (χ1v) is 5.71. The molecule has 3 N–H and O–H groups in total. The molecule has 108 valence electrons. The Labute approximate surface area is 115 Å². The molecule has 0 bridgehead atoms. The topological polar surface area (TPSA) is 113 Å².